The highest BCUT2D eigenvalue weighted by molar-refractivity contribution is 7.91. The molecule has 0 aromatic heterocycles. The van der Waals surface area contributed by atoms with Crippen molar-refractivity contribution in [1.29, 1.82) is 0 Å². The predicted octanol–water partition coefficient (Wildman–Crippen LogP) is 3.46. The second kappa shape index (κ2) is 6.72. The molecule has 10 heteroatoms. The highest BCUT2D eigenvalue weighted by atomic mass is 35.5. The third kappa shape index (κ3) is 3.51. The number of aliphatic hydroxyl groups is 1. The van der Waals surface area contributed by atoms with E-state index in [0.717, 1.165) is 24.3 Å². The van der Waals surface area contributed by atoms with Gasteiger partial charge in [0.2, 0.25) is 15.7 Å². The molecule has 5 nitrogen and oxygen atoms in total. The van der Waals surface area contributed by atoms with Crippen molar-refractivity contribution in [3.05, 3.63) is 58.6 Å². The molecule has 0 spiro atoms. The maximum Gasteiger partial charge on any atom is 0.421 e. The Labute approximate surface area is 170 Å². The molecule has 1 saturated carbocycles. The summed E-state index contributed by atoms with van der Waals surface area (Å²) in [5.74, 6) is -0.517. The van der Waals surface area contributed by atoms with Gasteiger partial charge in [-0.2, -0.15) is 13.2 Å². The Balaban J connectivity index is 1.97. The molecule has 1 unspecified atom stereocenters. The Kier molecular flexibility index (Phi) is 5.00. The molecular formula is C19H17ClF3NO4S. The zero-order chi connectivity index (χ0) is 21.8. The summed E-state index contributed by atoms with van der Waals surface area (Å²) in [4.78, 5) is 11.1. The first-order valence-electron chi connectivity index (χ1n) is 8.48. The van der Waals surface area contributed by atoms with Gasteiger partial charge in [-0.15, -0.1) is 0 Å². The molecule has 0 heterocycles. The average Bonchev–Trinajstić information content (AvgIpc) is 3.42. The van der Waals surface area contributed by atoms with Crippen LogP contribution in [0.3, 0.4) is 0 Å². The summed E-state index contributed by atoms with van der Waals surface area (Å²) in [5, 5.41) is 9.58. The summed E-state index contributed by atoms with van der Waals surface area (Å²) in [5.41, 5.74) is 1.47. The van der Waals surface area contributed by atoms with Crippen LogP contribution in [0, 0.1) is 0 Å². The van der Waals surface area contributed by atoms with E-state index in [4.69, 9.17) is 17.3 Å². The highest BCUT2D eigenvalue weighted by Crippen LogP contribution is 2.49. The number of amides is 1. The lowest BCUT2D eigenvalue weighted by Gasteiger charge is -2.26. The van der Waals surface area contributed by atoms with Gasteiger partial charge in [0.05, 0.1) is 20.2 Å². The van der Waals surface area contributed by atoms with Crippen molar-refractivity contribution in [2.45, 2.75) is 46.7 Å². The molecule has 0 saturated heterocycles. The second-order valence-electron chi connectivity index (χ2n) is 7.19. The number of sulfone groups is 1. The summed E-state index contributed by atoms with van der Waals surface area (Å²) in [6.07, 6.45) is -3.83. The van der Waals surface area contributed by atoms with Gasteiger partial charge in [-0.05, 0) is 55.2 Å². The fourth-order valence-electron chi connectivity index (χ4n) is 3.07. The van der Waals surface area contributed by atoms with Crippen LogP contribution < -0.4 is 5.73 Å². The molecule has 29 heavy (non-hydrogen) atoms. The number of carbonyl (C=O) groups is 1. The normalized spacial score (nSPS) is 18.1. The van der Waals surface area contributed by atoms with Crippen LogP contribution in [0.2, 0.25) is 5.02 Å². The van der Waals surface area contributed by atoms with Crippen LogP contribution in [-0.2, 0) is 25.6 Å². The number of nitrogens with two attached hydrogens (primary N) is 1. The number of rotatable bonds is 5. The standard InChI is InChI=1S/C19H17ClF3NO4S/c1-17(26,19(21,22)23)11-2-5-13(6-3-11)29(27,28)15-7-4-12(10-14(15)20)18(8-9-18)16(24)25/h2-7,10,26H,8-9H2,1H3,(H2,24,25). The quantitative estimate of drug-likeness (QED) is 0.733. The summed E-state index contributed by atoms with van der Waals surface area (Å²) in [6, 6.07) is 7.82. The minimum atomic E-state index is -4.92. The van der Waals surface area contributed by atoms with Gasteiger partial charge in [0.25, 0.3) is 0 Å². The lowest BCUT2D eigenvalue weighted by atomic mass is 9.95. The Morgan fingerprint density at radius 2 is 1.69 bits per heavy atom. The van der Waals surface area contributed by atoms with E-state index in [0.29, 0.717) is 25.3 Å². The summed E-state index contributed by atoms with van der Waals surface area (Å²) in [7, 11) is -4.14. The van der Waals surface area contributed by atoms with Gasteiger partial charge in [0.15, 0.2) is 5.60 Å². The van der Waals surface area contributed by atoms with Gasteiger partial charge in [0.1, 0.15) is 0 Å². The molecular weight excluding hydrogens is 431 g/mol. The minimum absolute atomic E-state index is 0.124. The first-order valence-corrected chi connectivity index (χ1v) is 10.3. The van der Waals surface area contributed by atoms with Crippen LogP contribution in [0.15, 0.2) is 52.3 Å². The fraction of sp³-hybridized carbons (Fsp3) is 0.316. The Hall–Kier alpha value is -2.10. The lowest BCUT2D eigenvalue weighted by molar-refractivity contribution is -0.258. The predicted molar refractivity (Wildman–Crippen MR) is 99.1 cm³/mol. The van der Waals surface area contributed by atoms with Gasteiger partial charge < -0.3 is 10.8 Å². The molecule has 156 valence electrons. The van der Waals surface area contributed by atoms with Crippen LogP contribution in [0.5, 0.6) is 0 Å². The van der Waals surface area contributed by atoms with Crippen LogP contribution in [0.1, 0.15) is 30.9 Å². The topological polar surface area (TPSA) is 97.5 Å². The van der Waals surface area contributed by atoms with Crippen molar-refractivity contribution in [3.63, 3.8) is 0 Å². The second-order valence-corrected chi connectivity index (χ2v) is 9.51. The van der Waals surface area contributed by atoms with Gasteiger partial charge in [0, 0.05) is 0 Å². The summed E-state index contributed by atoms with van der Waals surface area (Å²) < 4.78 is 64.6. The zero-order valence-electron chi connectivity index (χ0n) is 15.1. The number of carbonyl (C=O) groups excluding carboxylic acids is 1. The fourth-order valence-corrected chi connectivity index (χ4v) is 4.86. The third-order valence-corrected chi connectivity index (χ3v) is 7.53. The number of alkyl halides is 3. The summed E-state index contributed by atoms with van der Waals surface area (Å²) in [6.45, 7) is 0.582. The van der Waals surface area contributed by atoms with E-state index in [2.05, 4.69) is 0 Å². The molecule has 1 fully saturated rings. The number of benzene rings is 2. The molecule has 2 aromatic carbocycles. The Morgan fingerprint density at radius 1 is 1.14 bits per heavy atom. The van der Waals surface area contributed by atoms with Crippen LogP contribution in [-0.4, -0.2) is 25.6 Å². The van der Waals surface area contributed by atoms with Crippen molar-refractivity contribution in [1.82, 2.24) is 0 Å². The van der Waals surface area contributed by atoms with E-state index in [1.165, 1.54) is 18.2 Å². The highest BCUT2D eigenvalue weighted by Gasteiger charge is 2.51. The molecule has 0 bridgehead atoms. The van der Waals surface area contributed by atoms with Crippen molar-refractivity contribution < 1.29 is 31.5 Å². The molecule has 1 amide bonds. The molecule has 3 N–H and O–H groups in total. The smallest absolute Gasteiger partial charge is 0.376 e. The number of halogens is 4. The van der Waals surface area contributed by atoms with E-state index in [-0.39, 0.29) is 14.8 Å². The van der Waals surface area contributed by atoms with E-state index < -0.39 is 38.5 Å². The minimum Gasteiger partial charge on any atom is -0.376 e. The van der Waals surface area contributed by atoms with Crippen LogP contribution in [0.25, 0.3) is 0 Å². The number of hydrogen-bond donors (Lipinski definition) is 2. The van der Waals surface area contributed by atoms with Crippen molar-refractivity contribution in [2.24, 2.45) is 5.73 Å². The van der Waals surface area contributed by atoms with Crippen LogP contribution >= 0.6 is 11.6 Å². The van der Waals surface area contributed by atoms with Gasteiger partial charge >= 0.3 is 6.18 Å². The maximum atomic E-state index is 12.9. The molecule has 1 aliphatic rings. The molecule has 0 radical (unpaired) electrons. The molecule has 0 aliphatic heterocycles. The van der Waals surface area contributed by atoms with Gasteiger partial charge in [-0.3, -0.25) is 4.79 Å². The molecule has 1 atom stereocenters. The van der Waals surface area contributed by atoms with Gasteiger partial charge in [-0.25, -0.2) is 8.42 Å². The average molecular weight is 448 g/mol. The van der Waals surface area contributed by atoms with Crippen molar-refractivity contribution in [2.75, 3.05) is 0 Å². The maximum absolute atomic E-state index is 12.9. The third-order valence-electron chi connectivity index (χ3n) is 5.27. The Morgan fingerprint density at radius 3 is 2.10 bits per heavy atom. The summed E-state index contributed by atoms with van der Waals surface area (Å²) >= 11 is 6.15. The monoisotopic (exact) mass is 447 g/mol. The SMILES string of the molecule is CC(O)(c1ccc(S(=O)(=O)c2ccc(C3(C(N)=O)CC3)cc2Cl)cc1)C(F)(F)F. The zero-order valence-corrected chi connectivity index (χ0v) is 16.7. The van der Waals surface area contributed by atoms with Crippen molar-refractivity contribution >= 4 is 27.3 Å². The van der Waals surface area contributed by atoms with E-state index in [9.17, 15) is 31.5 Å². The first-order chi connectivity index (χ1) is 13.2. The van der Waals surface area contributed by atoms with E-state index in [1.54, 1.807) is 0 Å². The van der Waals surface area contributed by atoms with Gasteiger partial charge in [-0.1, -0.05) is 29.8 Å². The first kappa shape index (κ1) is 21.6. The van der Waals surface area contributed by atoms with Crippen LogP contribution in [0.4, 0.5) is 13.2 Å². The Bertz CT molecular complexity index is 1080. The molecule has 2 aromatic rings. The number of primary amides is 1. The lowest BCUT2D eigenvalue weighted by Crippen LogP contribution is -2.39. The van der Waals surface area contributed by atoms with E-state index >= 15 is 0 Å². The molecule has 1 aliphatic carbocycles. The van der Waals surface area contributed by atoms with E-state index in [1.807, 2.05) is 0 Å². The van der Waals surface area contributed by atoms with Crippen molar-refractivity contribution in [3.8, 4) is 0 Å². The molecule has 3 rings (SSSR count). The largest absolute Gasteiger partial charge is 0.421 e. The number of hydrogen-bond acceptors (Lipinski definition) is 4.